The molecule has 0 aliphatic heterocycles. The molecule has 0 amide bonds. The molecule has 0 aliphatic rings. The number of aliphatic hydroxyl groups is 1. The van der Waals surface area contributed by atoms with Crippen molar-refractivity contribution in [3.05, 3.63) is 12.2 Å². The SMILES string of the molecule is C=C(C)C(=O)C(C)(C)OC(C)C(C)(C)O. The second kappa shape index (κ2) is 4.45. The number of rotatable bonds is 5. The Morgan fingerprint density at radius 2 is 1.73 bits per heavy atom. The van der Waals surface area contributed by atoms with E-state index in [2.05, 4.69) is 6.58 Å². The minimum atomic E-state index is -0.966. The highest BCUT2D eigenvalue weighted by molar-refractivity contribution is 6.00. The van der Waals surface area contributed by atoms with Crippen LogP contribution in [-0.2, 0) is 9.53 Å². The van der Waals surface area contributed by atoms with Gasteiger partial charge in [0.1, 0.15) is 5.60 Å². The lowest BCUT2D eigenvalue weighted by Crippen LogP contribution is -2.45. The van der Waals surface area contributed by atoms with E-state index in [-0.39, 0.29) is 5.78 Å². The molecule has 0 aromatic rings. The summed E-state index contributed by atoms with van der Waals surface area (Å²) in [4.78, 5) is 11.7. The van der Waals surface area contributed by atoms with Gasteiger partial charge in [-0.1, -0.05) is 6.58 Å². The van der Waals surface area contributed by atoms with Crippen LogP contribution in [0.15, 0.2) is 12.2 Å². The zero-order valence-corrected chi connectivity index (χ0v) is 10.5. The Morgan fingerprint density at radius 3 is 2.00 bits per heavy atom. The molecule has 0 saturated heterocycles. The Labute approximate surface area is 92.1 Å². The molecule has 3 heteroatoms. The van der Waals surface area contributed by atoms with Crippen molar-refractivity contribution in [3.63, 3.8) is 0 Å². The number of hydrogen-bond acceptors (Lipinski definition) is 3. The summed E-state index contributed by atoms with van der Waals surface area (Å²) in [7, 11) is 0. The first-order valence-corrected chi connectivity index (χ1v) is 5.09. The molecule has 0 aliphatic carbocycles. The molecule has 0 rings (SSSR count). The zero-order chi connectivity index (χ0) is 12.4. The standard InChI is InChI=1S/C12H22O3/c1-8(2)10(13)12(6,7)15-9(3)11(4,5)14/h9,14H,1H2,2-7H3. The third kappa shape index (κ3) is 4.14. The van der Waals surface area contributed by atoms with Crippen molar-refractivity contribution < 1.29 is 14.6 Å². The van der Waals surface area contributed by atoms with Crippen molar-refractivity contribution in [2.75, 3.05) is 0 Å². The van der Waals surface area contributed by atoms with Crippen LogP contribution in [0.4, 0.5) is 0 Å². The molecular formula is C12H22O3. The van der Waals surface area contributed by atoms with E-state index in [0.717, 1.165) is 0 Å². The van der Waals surface area contributed by atoms with Gasteiger partial charge >= 0.3 is 0 Å². The molecule has 0 spiro atoms. The normalized spacial score (nSPS) is 14.9. The Balaban J connectivity index is 4.65. The van der Waals surface area contributed by atoms with Crippen LogP contribution < -0.4 is 0 Å². The molecule has 0 aromatic carbocycles. The van der Waals surface area contributed by atoms with Crippen molar-refractivity contribution >= 4 is 5.78 Å². The smallest absolute Gasteiger partial charge is 0.189 e. The lowest BCUT2D eigenvalue weighted by atomic mass is 9.96. The minimum Gasteiger partial charge on any atom is -0.388 e. The molecule has 0 aromatic heterocycles. The number of hydrogen-bond donors (Lipinski definition) is 1. The van der Waals surface area contributed by atoms with E-state index >= 15 is 0 Å². The van der Waals surface area contributed by atoms with Gasteiger partial charge in [0.25, 0.3) is 0 Å². The second-order valence-electron chi connectivity index (χ2n) is 5.03. The van der Waals surface area contributed by atoms with E-state index in [0.29, 0.717) is 5.57 Å². The first-order valence-electron chi connectivity index (χ1n) is 5.09. The summed E-state index contributed by atoms with van der Waals surface area (Å²) in [6.45, 7) is 13.7. The first kappa shape index (κ1) is 14.3. The molecule has 0 bridgehead atoms. The summed E-state index contributed by atoms with van der Waals surface area (Å²) in [6.07, 6.45) is -0.421. The minimum absolute atomic E-state index is 0.140. The quantitative estimate of drug-likeness (QED) is 0.713. The van der Waals surface area contributed by atoms with Crippen LogP contribution in [0, 0.1) is 0 Å². The summed E-state index contributed by atoms with van der Waals surface area (Å²) in [6, 6.07) is 0. The monoisotopic (exact) mass is 214 g/mol. The third-order valence-electron chi connectivity index (χ3n) is 2.40. The molecule has 3 nitrogen and oxygen atoms in total. The molecule has 1 unspecified atom stereocenters. The lowest BCUT2D eigenvalue weighted by Gasteiger charge is -2.34. The molecular weight excluding hydrogens is 192 g/mol. The molecule has 88 valence electrons. The molecule has 1 atom stereocenters. The third-order valence-corrected chi connectivity index (χ3v) is 2.40. The molecule has 0 heterocycles. The fraction of sp³-hybridized carbons (Fsp3) is 0.750. The largest absolute Gasteiger partial charge is 0.388 e. The number of ether oxygens (including phenoxy) is 1. The van der Waals surface area contributed by atoms with Gasteiger partial charge in [-0.15, -0.1) is 0 Å². The zero-order valence-electron chi connectivity index (χ0n) is 10.5. The first-order chi connectivity index (χ1) is 6.48. The topological polar surface area (TPSA) is 46.5 Å². The van der Waals surface area contributed by atoms with Gasteiger partial charge in [-0.3, -0.25) is 4.79 Å². The van der Waals surface area contributed by atoms with Crippen LogP contribution >= 0.6 is 0 Å². The Bertz CT molecular complexity index is 259. The summed E-state index contributed by atoms with van der Waals surface area (Å²) in [5.41, 5.74) is -1.44. The highest BCUT2D eigenvalue weighted by atomic mass is 16.5. The highest BCUT2D eigenvalue weighted by Gasteiger charge is 2.35. The molecule has 0 saturated carbocycles. The number of Topliss-reactive ketones (excluding diaryl/α,β-unsaturated/α-hetero) is 1. The van der Waals surface area contributed by atoms with Crippen molar-refractivity contribution in [2.24, 2.45) is 0 Å². The lowest BCUT2D eigenvalue weighted by molar-refractivity contribution is -0.161. The van der Waals surface area contributed by atoms with Gasteiger partial charge in [0.15, 0.2) is 5.78 Å². The van der Waals surface area contributed by atoms with E-state index in [9.17, 15) is 9.90 Å². The second-order valence-corrected chi connectivity index (χ2v) is 5.03. The van der Waals surface area contributed by atoms with Crippen LogP contribution in [0.2, 0.25) is 0 Å². The predicted octanol–water partition coefficient (Wildman–Crippen LogP) is 2.09. The predicted molar refractivity (Wildman–Crippen MR) is 60.7 cm³/mol. The average Bonchev–Trinajstić information content (AvgIpc) is 2.00. The van der Waals surface area contributed by atoms with Gasteiger partial charge in [-0.25, -0.2) is 0 Å². The van der Waals surface area contributed by atoms with Crippen LogP contribution in [-0.4, -0.2) is 28.2 Å². The van der Waals surface area contributed by atoms with E-state index in [1.807, 2.05) is 0 Å². The number of carbonyl (C=O) groups excluding carboxylic acids is 1. The average molecular weight is 214 g/mol. The Hall–Kier alpha value is -0.670. The van der Waals surface area contributed by atoms with Gasteiger partial charge in [0.05, 0.1) is 11.7 Å². The fourth-order valence-corrected chi connectivity index (χ4v) is 1.15. The van der Waals surface area contributed by atoms with Crippen LogP contribution in [0.5, 0.6) is 0 Å². The van der Waals surface area contributed by atoms with Gasteiger partial charge in [-0.05, 0) is 47.1 Å². The van der Waals surface area contributed by atoms with Crippen LogP contribution in [0.1, 0.15) is 41.5 Å². The maximum Gasteiger partial charge on any atom is 0.189 e. The maximum atomic E-state index is 11.7. The molecule has 15 heavy (non-hydrogen) atoms. The summed E-state index contributed by atoms with van der Waals surface area (Å²) < 4.78 is 5.56. The van der Waals surface area contributed by atoms with E-state index in [4.69, 9.17) is 4.74 Å². The van der Waals surface area contributed by atoms with E-state index in [1.54, 1.807) is 41.5 Å². The maximum absolute atomic E-state index is 11.7. The number of carbonyl (C=O) groups is 1. The van der Waals surface area contributed by atoms with Gasteiger partial charge in [0, 0.05) is 0 Å². The van der Waals surface area contributed by atoms with Crippen LogP contribution in [0.3, 0.4) is 0 Å². The Morgan fingerprint density at radius 1 is 1.33 bits per heavy atom. The van der Waals surface area contributed by atoms with Crippen molar-refractivity contribution in [2.45, 2.75) is 58.8 Å². The fourth-order valence-electron chi connectivity index (χ4n) is 1.15. The van der Waals surface area contributed by atoms with E-state index in [1.165, 1.54) is 0 Å². The van der Waals surface area contributed by atoms with Crippen LogP contribution in [0.25, 0.3) is 0 Å². The van der Waals surface area contributed by atoms with Crippen molar-refractivity contribution in [3.8, 4) is 0 Å². The highest BCUT2D eigenvalue weighted by Crippen LogP contribution is 2.22. The summed E-state index contributed by atoms with van der Waals surface area (Å²) in [5.74, 6) is -0.140. The Kier molecular flexibility index (Phi) is 4.26. The van der Waals surface area contributed by atoms with Gasteiger partial charge < -0.3 is 9.84 Å². The molecule has 0 radical (unpaired) electrons. The van der Waals surface area contributed by atoms with Gasteiger partial charge in [-0.2, -0.15) is 0 Å². The van der Waals surface area contributed by atoms with Gasteiger partial charge in [0.2, 0.25) is 0 Å². The van der Waals surface area contributed by atoms with Crippen molar-refractivity contribution in [1.82, 2.24) is 0 Å². The molecule has 1 N–H and O–H groups in total. The summed E-state index contributed by atoms with van der Waals surface area (Å²) in [5, 5.41) is 9.71. The van der Waals surface area contributed by atoms with Crippen molar-refractivity contribution in [1.29, 1.82) is 0 Å². The van der Waals surface area contributed by atoms with E-state index < -0.39 is 17.3 Å². The molecule has 0 fully saturated rings. The summed E-state index contributed by atoms with van der Waals surface area (Å²) >= 11 is 0. The number of ketones is 1.